The lowest BCUT2D eigenvalue weighted by atomic mass is 9.68. The third-order valence-corrected chi connectivity index (χ3v) is 4.59. The number of rotatable bonds is 3. The van der Waals surface area contributed by atoms with E-state index in [1.165, 1.54) is 6.42 Å². The summed E-state index contributed by atoms with van der Waals surface area (Å²) in [6.45, 7) is 6.42. The van der Waals surface area contributed by atoms with Crippen LogP contribution < -0.4 is 0 Å². The third-order valence-electron chi connectivity index (χ3n) is 4.59. The highest BCUT2D eigenvalue weighted by Crippen LogP contribution is 2.44. The molecule has 2 heteroatoms. The van der Waals surface area contributed by atoms with Crippen LogP contribution in [0.2, 0.25) is 0 Å². The second-order valence-corrected chi connectivity index (χ2v) is 5.64. The van der Waals surface area contributed by atoms with Gasteiger partial charge in [-0.25, -0.2) is 0 Å². The van der Waals surface area contributed by atoms with E-state index in [0.717, 1.165) is 38.0 Å². The minimum absolute atomic E-state index is 0.0916. The Bertz CT molecular complexity index is 199. The highest BCUT2D eigenvalue weighted by molar-refractivity contribution is 4.96. The van der Waals surface area contributed by atoms with Crippen LogP contribution in [0.4, 0.5) is 0 Å². The molecule has 1 aliphatic carbocycles. The van der Waals surface area contributed by atoms with Crippen molar-refractivity contribution in [1.29, 1.82) is 0 Å². The van der Waals surface area contributed by atoms with Crippen LogP contribution in [0.25, 0.3) is 0 Å². The minimum atomic E-state index is -0.652. The molecule has 1 fully saturated rings. The molecular weight excluding hydrogens is 188 g/mol. The standard InChI is InChI=1S/C13H26O2/c1-4-12(3,10-14)13(15)8-5-6-11(2)7-9-13/h11,14-15H,4-10H2,1-3H3. The molecule has 0 saturated heterocycles. The Morgan fingerprint density at radius 2 is 2.00 bits per heavy atom. The van der Waals surface area contributed by atoms with Crippen LogP contribution >= 0.6 is 0 Å². The topological polar surface area (TPSA) is 40.5 Å². The molecule has 1 aliphatic rings. The van der Waals surface area contributed by atoms with Crippen molar-refractivity contribution >= 4 is 0 Å². The summed E-state index contributed by atoms with van der Waals surface area (Å²) in [5, 5.41) is 20.2. The van der Waals surface area contributed by atoms with Gasteiger partial charge in [-0.3, -0.25) is 0 Å². The van der Waals surface area contributed by atoms with E-state index in [9.17, 15) is 10.2 Å². The molecule has 0 aromatic carbocycles. The maximum atomic E-state index is 10.7. The first kappa shape index (κ1) is 13.0. The van der Waals surface area contributed by atoms with Gasteiger partial charge in [0.25, 0.3) is 0 Å². The predicted molar refractivity (Wildman–Crippen MR) is 62.7 cm³/mol. The lowest BCUT2D eigenvalue weighted by Crippen LogP contribution is -2.48. The van der Waals surface area contributed by atoms with E-state index in [4.69, 9.17) is 0 Å². The van der Waals surface area contributed by atoms with Gasteiger partial charge in [0.1, 0.15) is 0 Å². The van der Waals surface area contributed by atoms with Crippen molar-refractivity contribution < 1.29 is 10.2 Å². The molecule has 0 amide bonds. The van der Waals surface area contributed by atoms with Gasteiger partial charge in [-0.1, -0.05) is 33.6 Å². The number of hydrogen-bond acceptors (Lipinski definition) is 2. The summed E-state index contributed by atoms with van der Waals surface area (Å²) in [4.78, 5) is 0. The van der Waals surface area contributed by atoms with E-state index in [2.05, 4.69) is 13.8 Å². The molecule has 0 heterocycles. The second-order valence-electron chi connectivity index (χ2n) is 5.64. The van der Waals surface area contributed by atoms with Gasteiger partial charge in [-0.2, -0.15) is 0 Å². The van der Waals surface area contributed by atoms with Gasteiger partial charge in [-0.05, 0) is 31.6 Å². The van der Waals surface area contributed by atoms with Crippen LogP contribution in [0.5, 0.6) is 0 Å². The molecule has 3 atom stereocenters. The molecule has 0 aliphatic heterocycles. The number of aliphatic hydroxyl groups excluding tert-OH is 1. The summed E-state index contributed by atoms with van der Waals surface area (Å²) in [5.41, 5.74) is -0.974. The zero-order chi connectivity index (χ0) is 11.5. The first-order valence-electron chi connectivity index (χ1n) is 6.31. The highest BCUT2D eigenvalue weighted by Gasteiger charge is 2.45. The molecule has 3 unspecified atom stereocenters. The third kappa shape index (κ3) is 2.54. The molecule has 0 bridgehead atoms. The summed E-state index contributed by atoms with van der Waals surface area (Å²) >= 11 is 0. The van der Waals surface area contributed by atoms with E-state index in [1.807, 2.05) is 6.92 Å². The van der Waals surface area contributed by atoms with Crippen molar-refractivity contribution in [2.45, 2.75) is 64.9 Å². The van der Waals surface area contributed by atoms with Gasteiger partial charge in [0, 0.05) is 5.41 Å². The molecule has 0 aromatic rings. The first-order chi connectivity index (χ1) is 6.97. The molecular formula is C13H26O2. The van der Waals surface area contributed by atoms with Gasteiger partial charge in [0.05, 0.1) is 12.2 Å². The van der Waals surface area contributed by atoms with E-state index in [-0.39, 0.29) is 12.0 Å². The largest absolute Gasteiger partial charge is 0.396 e. The molecule has 0 spiro atoms. The smallest absolute Gasteiger partial charge is 0.0723 e. The zero-order valence-corrected chi connectivity index (χ0v) is 10.4. The summed E-state index contributed by atoms with van der Waals surface area (Å²) in [6.07, 6.45) is 5.93. The van der Waals surface area contributed by atoms with Crippen molar-refractivity contribution in [1.82, 2.24) is 0 Å². The van der Waals surface area contributed by atoms with Crippen LogP contribution in [0.15, 0.2) is 0 Å². The Hall–Kier alpha value is -0.0800. The fraction of sp³-hybridized carbons (Fsp3) is 1.00. The summed E-state index contributed by atoms with van der Waals surface area (Å²) in [7, 11) is 0. The van der Waals surface area contributed by atoms with Gasteiger partial charge < -0.3 is 10.2 Å². The van der Waals surface area contributed by atoms with Gasteiger partial charge in [-0.15, -0.1) is 0 Å². The van der Waals surface area contributed by atoms with Crippen molar-refractivity contribution in [3.63, 3.8) is 0 Å². The van der Waals surface area contributed by atoms with E-state index in [0.29, 0.717) is 0 Å². The van der Waals surface area contributed by atoms with Crippen molar-refractivity contribution in [2.75, 3.05) is 6.61 Å². The molecule has 2 nitrogen and oxygen atoms in total. The molecule has 1 rings (SSSR count). The minimum Gasteiger partial charge on any atom is -0.396 e. The van der Waals surface area contributed by atoms with Crippen molar-refractivity contribution in [3.8, 4) is 0 Å². The molecule has 1 saturated carbocycles. The summed E-state index contributed by atoms with van der Waals surface area (Å²) in [5.74, 6) is 0.721. The number of hydrogen-bond donors (Lipinski definition) is 2. The second kappa shape index (κ2) is 4.84. The van der Waals surface area contributed by atoms with Crippen LogP contribution in [0.1, 0.15) is 59.3 Å². The van der Waals surface area contributed by atoms with E-state index in [1.54, 1.807) is 0 Å². The SMILES string of the molecule is CCC(C)(CO)C1(O)CCCC(C)CC1. The predicted octanol–water partition coefficient (Wildman–Crippen LogP) is 2.73. The fourth-order valence-corrected chi connectivity index (χ4v) is 2.69. The number of aliphatic hydroxyl groups is 2. The zero-order valence-electron chi connectivity index (χ0n) is 10.4. The molecule has 0 radical (unpaired) electrons. The molecule has 2 N–H and O–H groups in total. The Kier molecular flexibility index (Phi) is 4.19. The Labute approximate surface area is 93.7 Å². The van der Waals surface area contributed by atoms with Crippen molar-refractivity contribution in [3.05, 3.63) is 0 Å². The summed E-state index contributed by atoms with van der Waals surface area (Å²) in [6, 6.07) is 0. The average molecular weight is 214 g/mol. The lowest BCUT2D eigenvalue weighted by Gasteiger charge is -2.43. The fourth-order valence-electron chi connectivity index (χ4n) is 2.69. The van der Waals surface area contributed by atoms with Crippen molar-refractivity contribution in [2.24, 2.45) is 11.3 Å². The Balaban J connectivity index is 2.79. The summed E-state index contributed by atoms with van der Waals surface area (Å²) < 4.78 is 0. The maximum absolute atomic E-state index is 10.7. The van der Waals surface area contributed by atoms with Gasteiger partial charge in [0.15, 0.2) is 0 Å². The van der Waals surface area contributed by atoms with Crippen LogP contribution in [0.3, 0.4) is 0 Å². The maximum Gasteiger partial charge on any atom is 0.0723 e. The Morgan fingerprint density at radius 1 is 1.33 bits per heavy atom. The first-order valence-corrected chi connectivity index (χ1v) is 6.31. The normalized spacial score (nSPS) is 37.0. The Morgan fingerprint density at radius 3 is 2.53 bits per heavy atom. The molecule has 0 aromatic heterocycles. The molecule has 15 heavy (non-hydrogen) atoms. The van der Waals surface area contributed by atoms with Crippen LogP contribution in [-0.4, -0.2) is 22.4 Å². The van der Waals surface area contributed by atoms with E-state index >= 15 is 0 Å². The van der Waals surface area contributed by atoms with E-state index < -0.39 is 5.60 Å². The highest BCUT2D eigenvalue weighted by atomic mass is 16.3. The van der Waals surface area contributed by atoms with Crippen LogP contribution in [-0.2, 0) is 0 Å². The quantitative estimate of drug-likeness (QED) is 0.709. The lowest BCUT2D eigenvalue weighted by molar-refractivity contribution is -0.112. The van der Waals surface area contributed by atoms with Gasteiger partial charge in [0.2, 0.25) is 0 Å². The average Bonchev–Trinajstić information content (AvgIpc) is 2.41. The van der Waals surface area contributed by atoms with Crippen LogP contribution in [0, 0.1) is 11.3 Å². The monoisotopic (exact) mass is 214 g/mol. The molecule has 90 valence electrons. The van der Waals surface area contributed by atoms with Gasteiger partial charge >= 0.3 is 0 Å².